The summed E-state index contributed by atoms with van der Waals surface area (Å²) in [5.74, 6) is -0.268. The Balaban J connectivity index is 2.55. The fourth-order valence-electron chi connectivity index (χ4n) is 1.78. The van der Waals surface area contributed by atoms with Gasteiger partial charge in [-0.1, -0.05) is 0 Å². The Bertz CT molecular complexity index is 592. The predicted molar refractivity (Wildman–Crippen MR) is 71.0 cm³/mol. The molecule has 3 nitrogen and oxygen atoms in total. The topological polar surface area (TPSA) is 37.8 Å². The number of hydrogen-bond donors (Lipinski definition) is 1. The molecule has 1 aromatic carbocycles. The van der Waals surface area contributed by atoms with E-state index in [-0.39, 0.29) is 0 Å². The first-order chi connectivity index (χ1) is 9.01. The maximum Gasteiger partial charge on any atom is 0.161 e. The fraction of sp³-hybridized carbons (Fsp3) is 0.286. The molecule has 0 saturated carbocycles. The molecule has 0 bridgehead atoms. The highest BCUT2D eigenvalue weighted by Gasteiger charge is 2.11. The van der Waals surface area contributed by atoms with E-state index in [9.17, 15) is 8.78 Å². The summed E-state index contributed by atoms with van der Waals surface area (Å²) in [6.07, 6.45) is 0. The van der Waals surface area contributed by atoms with Gasteiger partial charge >= 0.3 is 0 Å². The summed E-state index contributed by atoms with van der Waals surface area (Å²) in [5.41, 5.74) is 2.05. The maximum atomic E-state index is 13.2. The van der Waals surface area contributed by atoms with Crippen LogP contribution in [0.4, 0.5) is 14.6 Å². The molecule has 0 fully saturated rings. The van der Waals surface area contributed by atoms with E-state index in [1.54, 1.807) is 0 Å². The largest absolute Gasteiger partial charge is 0.370 e. The Morgan fingerprint density at radius 2 is 1.68 bits per heavy atom. The van der Waals surface area contributed by atoms with Crippen molar-refractivity contribution in [2.45, 2.75) is 20.8 Å². The Hall–Kier alpha value is -2.04. The van der Waals surface area contributed by atoms with Crippen LogP contribution >= 0.6 is 0 Å². The van der Waals surface area contributed by atoms with Gasteiger partial charge in [-0.25, -0.2) is 18.7 Å². The number of aromatic nitrogens is 2. The van der Waals surface area contributed by atoms with Crippen LogP contribution in [-0.2, 0) is 0 Å². The number of halogens is 2. The minimum Gasteiger partial charge on any atom is -0.370 e. The second kappa shape index (κ2) is 5.30. The minimum absolute atomic E-state index is 0.317. The van der Waals surface area contributed by atoms with E-state index in [4.69, 9.17) is 0 Å². The van der Waals surface area contributed by atoms with Gasteiger partial charge in [0.05, 0.1) is 0 Å². The molecule has 0 unspecified atom stereocenters. The Kier molecular flexibility index (Phi) is 3.74. The van der Waals surface area contributed by atoms with Gasteiger partial charge in [-0.2, -0.15) is 0 Å². The summed E-state index contributed by atoms with van der Waals surface area (Å²) in [7, 11) is 0. The summed E-state index contributed by atoms with van der Waals surface area (Å²) in [6, 6.07) is 3.28. The predicted octanol–water partition coefficient (Wildman–Crippen LogP) is 3.47. The molecule has 5 heteroatoms. The first-order valence-electron chi connectivity index (χ1n) is 6.07. The highest BCUT2D eigenvalue weighted by Crippen LogP contribution is 2.23. The van der Waals surface area contributed by atoms with Crippen LogP contribution in [0.25, 0.3) is 11.4 Å². The molecule has 0 saturated heterocycles. The molecule has 1 N–H and O–H groups in total. The Morgan fingerprint density at radius 3 is 2.26 bits per heavy atom. The SMILES string of the molecule is CCNc1nc(-c2cc(F)cc(F)c2)nc(C)c1C. The lowest BCUT2D eigenvalue weighted by Gasteiger charge is -2.11. The quantitative estimate of drug-likeness (QED) is 0.921. The van der Waals surface area contributed by atoms with Gasteiger partial charge in [0.2, 0.25) is 0 Å². The molecule has 0 atom stereocenters. The molecule has 1 aromatic heterocycles. The van der Waals surface area contributed by atoms with Crippen LogP contribution in [0.2, 0.25) is 0 Å². The molecule has 0 spiro atoms. The van der Waals surface area contributed by atoms with Crippen molar-refractivity contribution < 1.29 is 8.78 Å². The van der Waals surface area contributed by atoms with Gasteiger partial charge in [0, 0.05) is 29.4 Å². The molecule has 0 radical (unpaired) electrons. The lowest BCUT2D eigenvalue weighted by Crippen LogP contribution is -2.06. The van der Waals surface area contributed by atoms with Crippen molar-refractivity contribution in [2.24, 2.45) is 0 Å². The van der Waals surface area contributed by atoms with Crippen molar-refractivity contribution in [2.75, 3.05) is 11.9 Å². The van der Waals surface area contributed by atoms with Gasteiger partial charge < -0.3 is 5.32 Å². The van der Waals surface area contributed by atoms with E-state index < -0.39 is 11.6 Å². The molecular weight excluding hydrogens is 248 g/mol. The lowest BCUT2D eigenvalue weighted by atomic mass is 10.1. The van der Waals surface area contributed by atoms with Crippen LogP contribution < -0.4 is 5.32 Å². The van der Waals surface area contributed by atoms with Crippen molar-refractivity contribution >= 4 is 5.82 Å². The minimum atomic E-state index is -0.637. The summed E-state index contributed by atoms with van der Waals surface area (Å²) in [4.78, 5) is 8.60. The summed E-state index contributed by atoms with van der Waals surface area (Å²) >= 11 is 0. The van der Waals surface area contributed by atoms with Crippen LogP contribution in [-0.4, -0.2) is 16.5 Å². The Morgan fingerprint density at radius 1 is 1.05 bits per heavy atom. The molecule has 1 heterocycles. The number of rotatable bonds is 3. The van der Waals surface area contributed by atoms with Crippen molar-refractivity contribution in [1.82, 2.24) is 9.97 Å². The average Bonchev–Trinajstić information content (AvgIpc) is 2.33. The third kappa shape index (κ3) is 2.86. The van der Waals surface area contributed by atoms with Crippen LogP contribution in [0.5, 0.6) is 0 Å². The number of hydrogen-bond acceptors (Lipinski definition) is 3. The van der Waals surface area contributed by atoms with Gasteiger partial charge in [0.15, 0.2) is 5.82 Å². The van der Waals surface area contributed by atoms with Crippen molar-refractivity contribution in [3.05, 3.63) is 41.1 Å². The average molecular weight is 263 g/mol. The van der Waals surface area contributed by atoms with E-state index in [0.29, 0.717) is 23.8 Å². The van der Waals surface area contributed by atoms with Gasteiger partial charge in [-0.15, -0.1) is 0 Å². The second-order valence-corrected chi connectivity index (χ2v) is 4.29. The first kappa shape index (κ1) is 13.4. The van der Waals surface area contributed by atoms with Crippen LogP contribution in [0.15, 0.2) is 18.2 Å². The van der Waals surface area contributed by atoms with E-state index in [2.05, 4.69) is 15.3 Å². The molecule has 19 heavy (non-hydrogen) atoms. The van der Waals surface area contributed by atoms with E-state index in [0.717, 1.165) is 17.3 Å². The summed E-state index contributed by atoms with van der Waals surface area (Å²) in [6.45, 7) is 6.42. The summed E-state index contributed by atoms with van der Waals surface area (Å²) in [5, 5.41) is 3.12. The van der Waals surface area contributed by atoms with Gasteiger partial charge in [-0.05, 0) is 32.9 Å². The smallest absolute Gasteiger partial charge is 0.161 e. The molecular formula is C14H15F2N3. The number of benzene rings is 1. The molecule has 0 aliphatic carbocycles. The molecule has 0 amide bonds. The van der Waals surface area contributed by atoms with Crippen molar-refractivity contribution in [1.29, 1.82) is 0 Å². The lowest BCUT2D eigenvalue weighted by molar-refractivity contribution is 0.584. The number of anilines is 1. The number of aryl methyl sites for hydroxylation is 1. The zero-order chi connectivity index (χ0) is 14.0. The number of nitrogens with zero attached hydrogens (tertiary/aromatic N) is 2. The third-order valence-corrected chi connectivity index (χ3v) is 2.85. The van der Waals surface area contributed by atoms with E-state index >= 15 is 0 Å². The number of nitrogens with one attached hydrogen (secondary N) is 1. The molecule has 0 aliphatic rings. The van der Waals surface area contributed by atoms with Gasteiger partial charge in [-0.3, -0.25) is 0 Å². The molecule has 2 aromatic rings. The van der Waals surface area contributed by atoms with Gasteiger partial charge in [0.1, 0.15) is 17.5 Å². The van der Waals surface area contributed by atoms with Crippen LogP contribution in [0.3, 0.4) is 0 Å². The highest BCUT2D eigenvalue weighted by atomic mass is 19.1. The van der Waals surface area contributed by atoms with Crippen LogP contribution in [0.1, 0.15) is 18.2 Å². The zero-order valence-electron chi connectivity index (χ0n) is 11.1. The van der Waals surface area contributed by atoms with Crippen molar-refractivity contribution in [3.63, 3.8) is 0 Å². The maximum absolute atomic E-state index is 13.2. The zero-order valence-corrected chi connectivity index (χ0v) is 11.1. The van der Waals surface area contributed by atoms with E-state index in [1.165, 1.54) is 12.1 Å². The summed E-state index contributed by atoms with van der Waals surface area (Å²) < 4.78 is 26.5. The molecule has 0 aliphatic heterocycles. The van der Waals surface area contributed by atoms with Gasteiger partial charge in [0.25, 0.3) is 0 Å². The van der Waals surface area contributed by atoms with Crippen molar-refractivity contribution in [3.8, 4) is 11.4 Å². The second-order valence-electron chi connectivity index (χ2n) is 4.29. The third-order valence-electron chi connectivity index (χ3n) is 2.85. The standard InChI is InChI=1S/C14H15F2N3/c1-4-17-13-8(2)9(3)18-14(19-13)10-5-11(15)7-12(16)6-10/h5-7H,4H2,1-3H3,(H,17,18,19). The Labute approximate surface area is 110 Å². The normalized spacial score (nSPS) is 10.6. The fourth-order valence-corrected chi connectivity index (χ4v) is 1.78. The molecule has 100 valence electrons. The first-order valence-corrected chi connectivity index (χ1v) is 6.07. The molecule has 2 rings (SSSR count). The monoisotopic (exact) mass is 263 g/mol. The van der Waals surface area contributed by atoms with Crippen LogP contribution in [0, 0.1) is 25.5 Å². The highest BCUT2D eigenvalue weighted by molar-refractivity contribution is 5.59. The van der Waals surface area contributed by atoms with E-state index in [1.807, 2.05) is 20.8 Å².